The van der Waals surface area contributed by atoms with E-state index in [1.807, 2.05) is 0 Å². The second-order valence-corrected chi connectivity index (χ2v) is 17.5. The number of ether oxygens (including phenoxy) is 3. The van der Waals surface area contributed by atoms with E-state index in [1.54, 1.807) is 0 Å². The Kier molecular flexibility index (Phi) is 49.4. The molecule has 0 heterocycles. The van der Waals surface area contributed by atoms with Crippen LogP contribution < -0.4 is 0 Å². The van der Waals surface area contributed by atoms with Crippen LogP contribution in [0.3, 0.4) is 0 Å². The molecule has 0 saturated heterocycles. The first-order valence-corrected chi connectivity index (χ1v) is 26.6. The monoisotopic (exact) mass is 891 g/mol. The molecule has 0 bridgehead atoms. The molecule has 366 valence electrons. The van der Waals surface area contributed by atoms with Gasteiger partial charge in [0.1, 0.15) is 13.2 Å². The van der Waals surface area contributed by atoms with Gasteiger partial charge in [-0.1, -0.05) is 209 Å². The summed E-state index contributed by atoms with van der Waals surface area (Å²) in [5, 5.41) is 0. The van der Waals surface area contributed by atoms with E-state index < -0.39 is 6.10 Å². The van der Waals surface area contributed by atoms with E-state index in [4.69, 9.17) is 14.2 Å². The predicted octanol–water partition coefficient (Wildman–Crippen LogP) is 17.6. The molecule has 6 nitrogen and oxygen atoms in total. The third-order valence-corrected chi connectivity index (χ3v) is 11.2. The van der Waals surface area contributed by atoms with Gasteiger partial charge in [0.05, 0.1) is 0 Å². The van der Waals surface area contributed by atoms with Crippen LogP contribution in [-0.2, 0) is 28.6 Å². The second kappa shape index (κ2) is 52.2. The molecule has 0 aliphatic rings. The Labute approximate surface area is 395 Å². The third-order valence-electron chi connectivity index (χ3n) is 11.2. The van der Waals surface area contributed by atoms with Gasteiger partial charge in [0.25, 0.3) is 0 Å². The van der Waals surface area contributed by atoms with Crippen molar-refractivity contribution < 1.29 is 28.6 Å². The summed E-state index contributed by atoms with van der Waals surface area (Å²) in [7, 11) is 0. The van der Waals surface area contributed by atoms with Crippen LogP contribution in [0.4, 0.5) is 0 Å². The Morgan fingerprint density at radius 3 is 1.12 bits per heavy atom. The molecule has 0 radical (unpaired) electrons. The molecule has 1 unspecified atom stereocenters. The molecule has 0 saturated carbocycles. The first-order chi connectivity index (χ1) is 31.5. The largest absolute Gasteiger partial charge is 0.462 e. The molecule has 0 rings (SSSR count). The lowest BCUT2D eigenvalue weighted by atomic mass is 10.1. The van der Waals surface area contributed by atoms with Crippen molar-refractivity contribution in [2.75, 3.05) is 13.2 Å². The number of hydrogen-bond acceptors (Lipinski definition) is 6. The van der Waals surface area contributed by atoms with E-state index in [1.165, 1.54) is 89.9 Å². The summed E-state index contributed by atoms with van der Waals surface area (Å²) >= 11 is 0. The summed E-state index contributed by atoms with van der Waals surface area (Å²) in [4.78, 5) is 38.0. The lowest BCUT2D eigenvalue weighted by Gasteiger charge is -2.18. The second-order valence-electron chi connectivity index (χ2n) is 17.5. The van der Waals surface area contributed by atoms with Crippen LogP contribution in [0.15, 0.2) is 85.1 Å². The molecule has 0 aromatic heterocycles. The molecule has 0 N–H and O–H groups in total. The van der Waals surface area contributed by atoms with Gasteiger partial charge in [-0.3, -0.25) is 14.4 Å². The fraction of sp³-hybridized carbons (Fsp3) is 0.707. The van der Waals surface area contributed by atoms with E-state index in [0.717, 1.165) is 116 Å². The van der Waals surface area contributed by atoms with Crippen molar-refractivity contribution in [3.8, 4) is 0 Å². The highest BCUT2D eigenvalue weighted by Crippen LogP contribution is 2.13. The van der Waals surface area contributed by atoms with Crippen LogP contribution in [0.1, 0.15) is 245 Å². The maximum absolute atomic E-state index is 12.8. The van der Waals surface area contributed by atoms with Gasteiger partial charge in [-0.2, -0.15) is 0 Å². The first kappa shape index (κ1) is 60.6. The molecule has 6 heteroatoms. The summed E-state index contributed by atoms with van der Waals surface area (Å²) in [6, 6.07) is 0. The summed E-state index contributed by atoms with van der Waals surface area (Å²) in [5.41, 5.74) is 0. The molecular weight excluding hydrogens is 793 g/mol. The summed E-state index contributed by atoms with van der Waals surface area (Å²) in [5.74, 6) is -0.970. The van der Waals surface area contributed by atoms with Crippen LogP contribution in [-0.4, -0.2) is 37.2 Å². The third kappa shape index (κ3) is 49.6. The van der Waals surface area contributed by atoms with Gasteiger partial charge in [0.2, 0.25) is 0 Å². The van der Waals surface area contributed by atoms with E-state index in [9.17, 15) is 14.4 Å². The van der Waals surface area contributed by atoms with Crippen LogP contribution in [0.2, 0.25) is 0 Å². The Balaban J connectivity index is 4.46. The van der Waals surface area contributed by atoms with Crippen molar-refractivity contribution in [1.29, 1.82) is 0 Å². The van der Waals surface area contributed by atoms with Crippen molar-refractivity contribution in [3.05, 3.63) is 85.1 Å². The predicted molar refractivity (Wildman–Crippen MR) is 274 cm³/mol. The standard InChI is InChI=1S/C58H98O6/c1-4-7-10-13-16-19-22-25-27-29-30-32-33-36-39-42-45-48-51-57(60)63-54-55(53-62-56(59)50-47-44-41-38-35-24-21-18-15-12-9-6-3)64-58(61)52-49-46-43-40-37-34-31-28-26-23-20-17-14-11-8-5-2/h9,12,18,21-22,25,27-32,35,38,55H,4-8,10-11,13-17,19-20,23-24,26,33-34,36-37,39-54H2,1-3H3/b12-9-,21-18-,25-22-,29-27-,31-28-,32-30-,38-35-. The minimum atomic E-state index is -0.805. The topological polar surface area (TPSA) is 78.9 Å². The van der Waals surface area contributed by atoms with Gasteiger partial charge in [0.15, 0.2) is 6.10 Å². The first-order valence-electron chi connectivity index (χ1n) is 26.6. The molecule has 0 aromatic rings. The average molecular weight is 891 g/mol. The number of unbranched alkanes of at least 4 members (excludes halogenated alkanes) is 24. The number of esters is 3. The minimum absolute atomic E-state index is 0.103. The van der Waals surface area contributed by atoms with E-state index in [-0.39, 0.29) is 31.1 Å². The lowest BCUT2D eigenvalue weighted by Crippen LogP contribution is -2.30. The number of hydrogen-bond donors (Lipinski definition) is 0. The quantitative estimate of drug-likeness (QED) is 0.0199. The van der Waals surface area contributed by atoms with Crippen LogP contribution in [0.25, 0.3) is 0 Å². The van der Waals surface area contributed by atoms with Gasteiger partial charge >= 0.3 is 17.9 Å². The maximum atomic E-state index is 12.8. The molecule has 0 aliphatic heterocycles. The van der Waals surface area contributed by atoms with E-state index in [2.05, 4.69) is 106 Å². The molecule has 0 amide bonds. The normalized spacial score (nSPS) is 12.7. The minimum Gasteiger partial charge on any atom is -0.462 e. The van der Waals surface area contributed by atoms with Crippen molar-refractivity contribution in [2.45, 2.75) is 252 Å². The van der Waals surface area contributed by atoms with Crippen molar-refractivity contribution in [3.63, 3.8) is 0 Å². The van der Waals surface area contributed by atoms with Crippen molar-refractivity contribution >= 4 is 17.9 Å². The zero-order valence-corrected chi connectivity index (χ0v) is 41.8. The average Bonchev–Trinajstić information content (AvgIpc) is 3.29. The number of carbonyl (C=O) groups excluding carboxylic acids is 3. The smallest absolute Gasteiger partial charge is 0.306 e. The Hall–Kier alpha value is -3.41. The highest BCUT2D eigenvalue weighted by molar-refractivity contribution is 5.71. The molecule has 0 aromatic carbocycles. The van der Waals surface area contributed by atoms with Gasteiger partial charge in [-0.15, -0.1) is 0 Å². The lowest BCUT2D eigenvalue weighted by molar-refractivity contribution is -0.167. The SMILES string of the molecule is CC/C=C\C/C=C\C/C=C\CCCCC(=O)OCC(COC(=O)CCCCCCC\C=C/C=C\C=C/CCCCCCC)OC(=O)CCCCCCC/C=C\CCCCCCCCC. The summed E-state index contributed by atoms with van der Waals surface area (Å²) < 4.78 is 16.8. The molecule has 0 fully saturated rings. The van der Waals surface area contributed by atoms with E-state index >= 15 is 0 Å². The number of allylic oxidation sites excluding steroid dienone is 14. The van der Waals surface area contributed by atoms with Gasteiger partial charge in [-0.05, 0) is 103 Å². The van der Waals surface area contributed by atoms with Crippen molar-refractivity contribution in [2.24, 2.45) is 0 Å². The highest BCUT2D eigenvalue weighted by Gasteiger charge is 2.19. The highest BCUT2D eigenvalue weighted by atomic mass is 16.6. The van der Waals surface area contributed by atoms with Crippen LogP contribution in [0, 0.1) is 0 Å². The Bertz CT molecular complexity index is 1250. The van der Waals surface area contributed by atoms with Crippen LogP contribution in [0.5, 0.6) is 0 Å². The Morgan fingerprint density at radius 2 is 0.672 bits per heavy atom. The van der Waals surface area contributed by atoms with Gasteiger partial charge in [-0.25, -0.2) is 0 Å². The molecular formula is C58H98O6. The zero-order chi connectivity index (χ0) is 46.5. The van der Waals surface area contributed by atoms with Crippen molar-refractivity contribution in [1.82, 2.24) is 0 Å². The van der Waals surface area contributed by atoms with E-state index in [0.29, 0.717) is 19.3 Å². The molecule has 0 aliphatic carbocycles. The summed E-state index contributed by atoms with van der Waals surface area (Å²) in [6.45, 7) is 6.44. The molecule has 0 spiro atoms. The number of carbonyl (C=O) groups is 3. The fourth-order valence-corrected chi connectivity index (χ4v) is 7.16. The number of rotatable bonds is 47. The maximum Gasteiger partial charge on any atom is 0.306 e. The summed E-state index contributed by atoms with van der Waals surface area (Å²) in [6.07, 6.45) is 67.1. The Morgan fingerprint density at radius 1 is 0.344 bits per heavy atom. The van der Waals surface area contributed by atoms with Gasteiger partial charge < -0.3 is 14.2 Å². The zero-order valence-electron chi connectivity index (χ0n) is 41.8. The molecule has 1 atom stereocenters. The van der Waals surface area contributed by atoms with Crippen LogP contribution >= 0.6 is 0 Å². The fourth-order valence-electron chi connectivity index (χ4n) is 7.16. The van der Waals surface area contributed by atoms with Gasteiger partial charge in [0, 0.05) is 19.3 Å². The molecule has 64 heavy (non-hydrogen) atoms.